The van der Waals surface area contributed by atoms with Gasteiger partial charge >= 0.3 is 5.56 Å². The van der Waals surface area contributed by atoms with E-state index >= 15 is 0 Å². The highest BCUT2D eigenvalue weighted by molar-refractivity contribution is 9.10. The molecule has 0 spiro atoms. The van der Waals surface area contributed by atoms with Crippen LogP contribution in [-0.2, 0) is 0 Å². The van der Waals surface area contributed by atoms with E-state index in [9.17, 15) is 4.79 Å². The maximum Gasteiger partial charge on any atom is 0.302 e. The Morgan fingerprint density at radius 2 is 1.65 bits per heavy atom. The van der Waals surface area contributed by atoms with Gasteiger partial charge < -0.3 is 0 Å². The summed E-state index contributed by atoms with van der Waals surface area (Å²) in [5, 5.41) is 13.4. The van der Waals surface area contributed by atoms with Gasteiger partial charge in [-0.05, 0) is 12.1 Å². The number of hydrogen-bond donors (Lipinski definition) is 0. The van der Waals surface area contributed by atoms with E-state index in [4.69, 9.17) is 0 Å². The molecule has 0 radical (unpaired) electrons. The molecule has 0 saturated carbocycles. The van der Waals surface area contributed by atoms with Gasteiger partial charge in [-0.15, -0.1) is 10.2 Å². The van der Waals surface area contributed by atoms with Crippen LogP contribution < -0.4 is 5.56 Å². The van der Waals surface area contributed by atoms with Crippen molar-refractivity contribution in [2.45, 2.75) is 0 Å². The van der Waals surface area contributed by atoms with Crippen molar-refractivity contribution >= 4 is 32.2 Å². The first-order valence-electron chi connectivity index (χ1n) is 6.80. The zero-order valence-corrected chi connectivity index (χ0v) is 14.1. The lowest BCUT2D eigenvalue weighted by Crippen LogP contribution is -2.19. The molecule has 0 saturated heterocycles. The zero-order chi connectivity index (χ0) is 15.8. The predicted molar refractivity (Wildman–Crippen MR) is 93.5 cm³/mol. The van der Waals surface area contributed by atoms with Crippen LogP contribution in [0.25, 0.3) is 26.8 Å². The molecule has 0 unspecified atom stereocenters. The molecule has 7 heteroatoms. The number of rotatable bonds is 2. The minimum Gasteiger partial charge on any atom is -0.265 e. The Labute approximate surface area is 143 Å². The van der Waals surface area contributed by atoms with E-state index in [-0.39, 0.29) is 5.56 Å². The Hall–Kier alpha value is -2.38. The molecule has 4 rings (SSSR count). The SMILES string of the molecule is O=c1c(-c2ccccc2)nnc2sc(-c3ccc(Br)cc3)nn12. The minimum atomic E-state index is -0.263. The van der Waals surface area contributed by atoms with Crippen molar-refractivity contribution in [2.24, 2.45) is 0 Å². The average Bonchev–Trinajstić information content (AvgIpc) is 3.02. The van der Waals surface area contributed by atoms with Gasteiger partial charge in [0.05, 0.1) is 0 Å². The van der Waals surface area contributed by atoms with Gasteiger partial charge in [-0.25, -0.2) is 0 Å². The second-order valence-corrected chi connectivity index (χ2v) is 6.70. The monoisotopic (exact) mass is 384 g/mol. The fourth-order valence-corrected chi connectivity index (χ4v) is 3.31. The topological polar surface area (TPSA) is 60.2 Å². The molecule has 0 amide bonds. The molecule has 2 heterocycles. The second kappa shape index (κ2) is 5.68. The largest absolute Gasteiger partial charge is 0.302 e. The Morgan fingerprint density at radius 1 is 0.913 bits per heavy atom. The van der Waals surface area contributed by atoms with Gasteiger partial charge in [0.15, 0.2) is 5.69 Å². The summed E-state index contributed by atoms with van der Waals surface area (Å²) < 4.78 is 2.31. The first-order valence-corrected chi connectivity index (χ1v) is 8.41. The summed E-state index contributed by atoms with van der Waals surface area (Å²) in [6.45, 7) is 0. The number of fused-ring (bicyclic) bond motifs is 1. The van der Waals surface area contributed by atoms with Gasteiger partial charge in [0, 0.05) is 15.6 Å². The van der Waals surface area contributed by atoms with Crippen LogP contribution in [0.2, 0.25) is 0 Å². The van der Waals surface area contributed by atoms with Gasteiger partial charge in [-0.3, -0.25) is 4.79 Å². The highest BCUT2D eigenvalue weighted by Gasteiger charge is 2.14. The molecule has 2 aromatic heterocycles. The molecule has 0 aliphatic heterocycles. The predicted octanol–water partition coefficient (Wildman–Crippen LogP) is 3.64. The van der Waals surface area contributed by atoms with Gasteiger partial charge in [-0.1, -0.05) is 69.7 Å². The molecule has 0 aliphatic carbocycles. The van der Waals surface area contributed by atoms with Crippen molar-refractivity contribution < 1.29 is 0 Å². The number of halogens is 1. The fraction of sp³-hybridized carbons (Fsp3) is 0. The van der Waals surface area contributed by atoms with E-state index in [1.165, 1.54) is 15.9 Å². The summed E-state index contributed by atoms with van der Waals surface area (Å²) in [5.41, 5.74) is 1.71. The molecule has 4 aromatic rings. The Kier molecular flexibility index (Phi) is 3.51. The number of benzene rings is 2. The third kappa shape index (κ3) is 2.58. The second-order valence-electron chi connectivity index (χ2n) is 4.83. The molecular formula is C16H9BrN4OS. The molecule has 0 bridgehead atoms. The fourth-order valence-electron chi connectivity index (χ4n) is 2.20. The third-order valence-corrected chi connectivity index (χ3v) is 4.81. The van der Waals surface area contributed by atoms with E-state index in [0.717, 1.165) is 20.6 Å². The molecule has 112 valence electrons. The molecular weight excluding hydrogens is 376 g/mol. The van der Waals surface area contributed by atoms with Crippen LogP contribution in [0.15, 0.2) is 63.9 Å². The number of nitrogens with zero attached hydrogens (tertiary/aromatic N) is 4. The maximum absolute atomic E-state index is 12.6. The average molecular weight is 385 g/mol. The zero-order valence-electron chi connectivity index (χ0n) is 11.7. The minimum absolute atomic E-state index is 0.263. The van der Waals surface area contributed by atoms with Gasteiger partial charge in [0.2, 0.25) is 4.96 Å². The lowest BCUT2D eigenvalue weighted by atomic mass is 10.2. The summed E-state index contributed by atoms with van der Waals surface area (Å²) in [4.78, 5) is 13.1. The van der Waals surface area contributed by atoms with E-state index in [1.807, 2.05) is 54.6 Å². The van der Waals surface area contributed by atoms with E-state index in [2.05, 4.69) is 31.2 Å². The van der Waals surface area contributed by atoms with E-state index in [0.29, 0.717) is 10.7 Å². The Bertz CT molecular complexity index is 1040. The Morgan fingerprint density at radius 3 is 2.39 bits per heavy atom. The van der Waals surface area contributed by atoms with Crippen LogP contribution >= 0.6 is 27.3 Å². The van der Waals surface area contributed by atoms with Crippen LogP contribution in [0.3, 0.4) is 0 Å². The molecule has 0 atom stereocenters. The lowest BCUT2D eigenvalue weighted by molar-refractivity contribution is 0.862. The van der Waals surface area contributed by atoms with E-state index < -0.39 is 0 Å². The summed E-state index contributed by atoms with van der Waals surface area (Å²) in [6.07, 6.45) is 0. The van der Waals surface area contributed by atoms with Crippen molar-refractivity contribution in [1.82, 2.24) is 19.8 Å². The highest BCUT2D eigenvalue weighted by atomic mass is 79.9. The first-order chi connectivity index (χ1) is 11.2. The van der Waals surface area contributed by atoms with Crippen molar-refractivity contribution in [2.75, 3.05) is 0 Å². The van der Waals surface area contributed by atoms with Crippen molar-refractivity contribution in [3.05, 3.63) is 69.4 Å². The summed E-state index contributed by atoms with van der Waals surface area (Å²) >= 11 is 4.74. The highest BCUT2D eigenvalue weighted by Crippen LogP contribution is 2.25. The van der Waals surface area contributed by atoms with Crippen LogP contribution in [0.5, 0.6) is 0 Å². The molecule has 23 heavy (non-hydrogen) atoms. The van der Waals surface area contributed by atoms with Gasteiger partial charge in [0.1, 0.15) is 5.01 Å². The number of aromatic nitrogens is 4. The van der Waals surface area contributed by atoms with Crippen LogP contribution in [0.1, 0.15) is 0 Å². The Balaban J connectivity index is 1.88. The summed E-state index contributed by atoms with van der Waals surface area (Å²) in [7, 11) is 0. The van der Waals surface area contributed by atoms with Gasteiger partial charge in [0.25, 0.3) is 0 Å². The third-order valence-electron chi connectivity index (χ3n) is 3.33. The van der Waals surface area contributed by atoms with Crippen LogP contribution in [0, 0.1) is 0 Å². The first kappa shape index (κ1) is 14.2. The van der Waals surface area contributed by atoms with Crippen LogP contribution in [0.4, 0.5) is 0 Å². The standard InChI is InChI=1S/C16H9BrN4OS/c17-12-8-6-11(7-9-12)14-20-21-15(22)13(18-19-16(21)23-14)10-4-2-1-3-5-10/h1-9H. The molecule has 5 nitrogen and oxygen atoms in total. The van der Waals surface area contributed by atoms with Crippen molar-refractivity contribution in [3.63, 3.8) is 0 Å². The summed E-state index contributed by atoms with van der Waals surface area (Å²) in [6, 6.07) is 17.0. The number of hydrogen-bond acceptors (Lipinski definition) is 5. The van der Waals surface area contributed by atoms with Gasteiger partial charge in [-0.2, -0.15) is 9.61 Å². The molecule has 0 N–H and O–H groups in total. The van der Waals surface area contributed by atoms with Crippen molar-refractivity contribution in [1.29, 1.82) is 0 Å². The maximum atomic E-state index is 12.6. The molecule has 2 aromatic carbocycles. The normalized spacial score (nSPS) is 11.0. The van der Waals surface area contributed by atoms with E-state index in [1.54, 1.807) is 0 Å². The quantitative estimate of drug-likeness (QED) is 0.529. The lowest BCUT2D eigenvalue weighted by Gasteiger charge is -1.97. The van der Waals surface area contributed by atoms with Crippen molar-refractivity contribution in [3.8, 4) is 21.8 Å². The molecule has 0 fully saturated rings. The summed E-state index contributed by atoms with van der Waals surface area (Å²) in [5.74, 6) is 0. The smallest absolute Gasteiger partial charge is 0.265 e. The molecule has 0 aliphatic rings. The van der Waals surface area contributed by atoms with Crippen LogP contribution in [-0.4, -0.2) is 19.8 Å².